The lowest BCUT2D eigenvalue weighted by atomic mass is 10.2. The summed E-state index contributed by atoms with van der Waals surface area (Å²) in [6.45, 7) is 4.19. The fraction of sp³-hybridized carbons (Fsp3) is 1.00. The molecule has 0 saturated heterocycles. The number of nitrogens with zero attached hydrogens (tertiary/aromatic N) is 2. The van der Waals surface area contributed by atoms with Gasteiger partial charge < -0.3 is 0 Å². The molecule has 0 aromatic heterocycles. The van der Waals surface area contributed by atoms with Gasteiger partial charge in [-0.05, 0) is 12.8 Å². The number of unbranched alkanes of at least 4 members (excludes halogenated alkanes) is 3. The number of sulfone groups is 1. The zero-order chi connectivity index (χ0) is 14.2. The molecule has 1 unspecified atom stereocenters. The predicted octanol–water partition coefficient (Wildman–Crippen LogP) is 2.03. The van der Waals surface area contributed by atoms with Crippen molar-refractivity contribution in [2.45, 2.75) is 57.7 Å². The minimum Gasteiger partial charge on any atom is -0.297 e. The summed E-state index contributed by atoms with van der Waals surface area (Å²) in [5.74, 6) is 0. The van der Waals surface area contributed by atoms with E-state index in [0.29, 0.717) is 29.6 Å². The first-order valence-corrected chi connectivity index (χ1v) is 8.43. The molecule has 18 heavy (non-hydrogen) atoms. The summed E-state index contributed by atoms with van der Waals surface area (Å²) in [5.41, 5.74) is 0. The molecule has 0 spiro atoms. The van der Waals surface area contributed by atoms with Crippen molar-refractivity contribution in [3.63, 3.8) is 0 Å². The Morgan fingerprint density at radius 3 is 2.06 bits per heavy atom. The highest BCUT2D eigenvalue weighted by atomic mass is 32.2. The van der Waals surface area contributed by atoms with E-state index in [2.05, 4.69) is 0 Å². The Bertz CT molecular complexity index is 308. The average Bonchev–Trinajstić information content (AvgIpc) is 2.27. The van der Waals surface area contributed by atoms with Crippen molar-refractivity contribution in [1.29, 1.82) is 0 Å². The van der Waals surface area contributed by atoms with Crippen LogP contribution < -0.4 is 0 Å². The highest BCUT2D eigenvalue weighted by Crippen LogP contribution is 2.14. The quantitative estimate of drug-likeness (QED) is 0.471. The van der Waals surface area contributed by atoms with Crippen molar-refractivity contribution in [3.8, 4) is 0 Å². The Hall–Kier alpha value is -0.210. The van der Waals surface area contributed by atoms with E-state index >= 15 is 0 Å². The van der Waals surface area contributed by atoms with E-state index in [0.717, 1.165) is 25.5 Å². The third-order valence-electron chi connectivity index (χ3n) is 2.75. The van der Waals surface area contributed by atoms with Gasteiger partial charge in [-0.15, -0.1) is 0 Å². The van der Waals surface area contributed by atoms with Gasteiger partial charge in [0.1, 0.15) is 0 Å². The Morgan fingerprint density at radius 2 is 1.61 bits per heavy atom. The molecule has 110 valence electrons. The van der Waals surface area contributed by atoms with E-state index in [4.69, 9.17) is 0 Å². The first-order valence-electron chi connectivity index (χ1n) is 6.47. The molecule has 0 heterocycles. The Labute approximate surface area is 110 Å². The first-order chi connectivity index (χ1) is 8.34. The molecular weight excluding hydrogens is 256 g/mol. The SMILES string of the molecule is CCCCCN(O)N(O)C(CCCC)S(C)(=O)=O. The molecule has 0 aliphatic rings. The molecule has 1 atom stereocenters. The molecule has 0 fully saturated rings. The van der Waals surface area contributed by atoms with Gasteiger partial charge in [-0.3, -0.25) is 10.4 Å². The Balaban J connectivity index is 4.49. The summed E-state index contributed by atoms with van der Waals surface area (Å²) >= 11 is 0. The molecule has 6 nitrogen and oxygen atoms in total. The van der Waals surface area contributed by atoms with E-state index < -0.39 is 15.2 Å². The largest absolute Gasteiger partial charge is 0.297 e. The van der Waals surface area contributed by atoms with E-state index in [1.54, 1.807) is 0 Å². The maximum Gasteiger partial charge on any atom is 0.167 e. The summed E-state index contributed by atoms with van der Waals surface area (Å²) in [6.07, 6.45) is 5.49. The van der Waals surface area contributed by atoms with Gasteiger partial charge in [0, 0.05) is 12.8 Å². The molecule has 0 aliphatic carbocycles. The molecule has 0 bridgehead atoms. The summed E-state index contributed by atoms with van der Waals surface area (Å²) in [5, 5.41) is 19.4. The number of hydrogen-bond acceptors (Lipinski definition) is 6. The highest BCUT2D eigenvalue weighted by Gasteiger charge is 2.30. The first kappa shape index (κ1) is 17.8. The van der Waals surface area contributed by atoms with Crippen LogP contribution in [0.15, 0.2) is 0 Å². The van der Waals surface area contributed by atoms with Gasteiger partial charge in [0.05, 0.1) is 0 Å². The molecule has 0 radical (unpaired) electrons. The van der Waals surface area contributed by atoms with E-state index in [-0.39, 0.29) is 6.54 Å². The van der Waals surface area contributed by atoms with Crippen molar-refractivity contribution in [2.24, 2.45) is 0 Å². The minimum atomic E-state index is -3.44. The van der Waals surface area contributed by atoms with Crippen molar-refractivity contribution in [2.75, 3.05) is 12.8 Å². The van der Waals surface area contributed by atoms with Gasteiger partial charge in [0.25, 0.3) is 0 Å². The van der Waals surface area contributed by atoms with Crippen molar-refractivity contribution in [1.82, 2.24) is 10.3 Å². The highest BCUT2D eigenvalue weighted by molar-refractivity contribution is 7.91. The van der Waals surface area contributed by atoms with E-state index in [1.165, 1.54) is 0 Å². The fourth-order valence-corrected chi connectivity index (χ4v) is 2.68. The standard InChI is InChI=1S/C11H26N2O4S/c1-4-6-8-10-12(14)13(15)11(9-7-5-2)18(3,16)17/h11,14-15H,4-10H2,1-3H3. The van der Waals surface area contributed by atoms with Gasteiger partial charge in [-0.25, -0.2) is 8.42 Å². The molecule has 7 heteroatoms. The molecule has 0 amide bonds. The molecule has 0 aliphatic heterocycles. The fourth-order valence-electron chi connectivity index (χ4n) is 1.63. The number of rotatable bonds is 10. The van der Waals surface area contributed by atoms with Crippen LogP contribution in [0.2, 0.25) is 0 Å². The van der Waals surface area contributed by atoms with Crippen LogP contribution in [0.25, 0.3) is 0 Å². The maximum absolute atomic E-state index is 11.6. The van der Waals surface area contributed by atoms with Crippen LogP contribution >= 0.6 is 0 Å². The third kappa shape index (κ3) is 6.65. The van der Waals surface area contributed by atoms with Crippen LogP contribution in [0.5, 0.6) is 0 Å². The Kier molecular flexibility index (Phi) is 8.71. The lowest BCUT2D eigenvalue weighted by molar-refractivity contribution is -0.374. The Morgan fingerprint density at radius 1 is 1.06 bits per heavy atom. The van der Waals surface area contributed by atoms with E-state index in [1.807, 2.05) is 13.8 Å². The predicted molar refractivity (Wildman–Crippen MR) is 69.8 cm³/mol. The second-order valence-electron chi connectivity index (χ2n) is 4.55. The molecule has 0 rings (SSSR count). The van der Waals surface area contributed by atoms with Gasteiger partial charge in [0.15, 0.2) is 15.2 Å². The summed E-state index contributed by atoms with van der Waals surface area (Å²) in [6, 6.07) is 0. The molecule has 2 N–H and O–H groups in total. The third-order valence-corrected chi connectivity index (χ3v) is 4.17. The summed E-state index contributed by atoms with van der Waals surface area (Å²) < 4.78 is 23.1. The van der Waals surface area contributed by atoms with Crippen LogP contribution in [0, 0.1) is 0 Å². The monoisotopic (exact) mass is 282 g/mol. The molecular formula is C11H26N2O4S. The minimum absolute atomic E-state index is 0.225. The second kappa shape index (κ2) is 8.82. The lowest BCUT2D eigenvalue weighted by Crippen LogP contribution is -2.48. The van der Waals surface area contributed by atoms with E-state index in [9.17, 15) is 18.8 Å². The number of hydrogen-bond donors (Lipinski definition) is 2. The van der Waals surface area contributed by atoms with Gasteiger partial charge in [0.2, 0.25) is 0 Å². The number of hydroxylamine groups is 2. The van der Waals surface area contributed by atoms with Crippen LogP contribution in [0.4, 0.5) is 0 Å². The van der Waals surface area contributed by atoms with Gasteiger partial charge in [-0.2, -0.15) is 0 Å². The molecule has 0 aromatic rings. The molecule has 0 aromatic carbocycles. The topological polar surface area (TPSA) is 81.1 Å². The van der Waals surface area contributed by atoms with Crippen LogP contribution in [-0.2, 0) is 9.84 Å². The smallest absolute Gasteiger partial charge is 0.167 e. The van der Waals surface area contributed by atoms with Gasteiger partial charge >= 0.3 is 0 Å². The van der Waals surface area contributed by atoms with Crippen LogP contribution in [0.1, 0.15) is 52.4 Å². The van der Waals surface area contributed by atoms with Crippen molar-refractivity contribution < 1.29 is 18.8 Å². The molecule has 0 saturated carbocycles. The zero-order valence-electron chi connectivity index (χ0n) is 11.5. The summed E-state index contributed by atoms with van der Waals surface area (Å²) in [4.78, 5) is 0. The van der Waals surface area contributed by atoms with Crippen LogP contribution in [0.3, 0.4) is 0 Å². The van der Waals surface area contributed by atoms with Crippen molar-refractivity contribution >= 4 is 9.84 Å². The average molecular weight is 282 g/mol. The zero-order valence-corrected chi connectivity index (χ0v) is 12.4. The van der Waals surface area contributed by atoms with Crippen molar-refractivity contribution in [3.05, 3.63) is 0 Å². The maximum atomic E-state index is 11.6. The van der Waals surface area contributed by atoms with Gasteiger partial charge in [-0.1, -0.05) is 49.9 Å². The van der Waals surface area contributed by atoms with Crippen LogP contribution in [-0.4, -0.2) is 47.4 Å². The normalized spacial score (nSPS) is 14.4. The second-order valence-corrected chi connectivity index (χ2v) is 6.75. The number of hydrazine groups is 1. The summed E-state index contributed by atoms with van der Waals surface area (Å²) in [7, 11) is -3.44. The lowest BCUT2D eigenvalue weighted by Gasteiger charge is -2.30.